The number of benzene rings is 1. The molecule has 2 heterocycles. The van der Waals surface area contributed by atoms with E-state index in [1.807, 2.05) is 0 Å². The zero-order valence-corrected chi connectivity index (χ0v) is 13.1. The number of hydrogen-bond acceptors (Lipinski definition) is 6. The minimum Gasteiger partial charge on any atom is -0.289 e. The lowest BCUT2D eigenvalue weighted by molar-refractivity contribution is -0.144. The van der Waals surface area contributed by atoms with Gasteiger partial charge in [0, 0.05) is 11.3 Å². The number of alkyl halides is 3. The maximum atomic E-state index is 12.4. The van der Waals surface area contributed by atoms with Gasteiger partial charge in [-0.1, -0.05) is 23.9 Å². The Labute approximate surface area is 142 Å². The number of anilines is 1. The van der Waals surface area contributed by atoms with E-state index in [-0.39, 0.29) is 5.56 Å². The number of amides is 1. The molecule has 0 radical (unpaired) electrons. The van der Waals surface area contributed by atoms with E-state index in [2.05, 4.69) is 30.6 Å². The number of H-pyrrole nitrogens is 2. The average Bonchev–Trinajstić information content (AvgIpc) is 3.24. The summed E-state index contributed by atoms with van der Waals surface area (Å²) in [6.07, 6.45) is -3.25. The first-order valence-corrected chi connectivity index (χ1v) is 7.78. The quantitative estimate of drug-likeness (QED) is 0.596. The maximum Gasteiger partial charge on any atom is 0.451 e. The first-order valence-electron chi connectivity index (χ1n) is 6.80. The fourth-order valence-corrected chi connectivity index (χ4v) is 2.52. The molecule has 3 aromatic rings. The molecule has 0 aliphatic rings. The summed E-state index contributed by atoms with van der Waals surface area (Å²) in [7, 11) is 0. The van der Waals surface area contributed by atoms with Gasteiger partial charge in [-0.25, -0.2) is 4.98 Å². The van der Waals surface area contributed by atoms with Crippen LogP contribution in [0, 0.1) is 0 Å². The number of carbonyl (C=O) groups is 1. The van der Waals surface area contributed by atoms with E-state index in [1.54, 1.807) is 29.4 Å². The van der Waals surface area contributed by atoms with E-state index in [9.17, 15) is 18.0 Å². The normalized spacial score (nSPS) is 11.5. The lowest BCUT2D eigenvalue weighted by Crippen LogP contribution is -2.13. The molecule has 0 aliphatic heterocycles. The van der Waals surface area contributed by atoms with Gasteiger partial charge in [0.25, 0.3) is 5.91 Å². The average molecular weight is 369 g/mol. The molecule has 3 rings (SSSR count). The van der Waals surface area contributed by atoms with Crippen molar-refractivity contribution in [2.24, 2.45) is 0 Å². The number of aromatic amines is 2. The number of thioether (sulfide) groups is 1. The fourth-order valence-electron chi connectivity index (χ4n) is 1.79. The van der Waals surface area contributed by atoms with Crippen LogP contribution in [0.15, 0.2) is 35.7 Å². The Morgan fingerprint density at radius 1 is 1.20 bits per heavy atom. The zero-order chi connectivity index (χ0) is 17.9. The van der Waals surface area contributed by atoms with Crippen molar-refractivity contribution in [3.8, 4) is 0 Å². The maximum absolute atomic E-state index is 12.4. The summed E-state index contributed by atoms with van der Waals surface area (Å²) < 4.78 is 37.3. The summed E-state index contributed by atoms with van der Waals surface area (Å²) >= 11 is 1.44. The standard InChI is InChI=1S/C13H10F3N7OS/c14-13(15,16)10-20-11(22-21-10)19-9(24)8-3-1-7(2-4-8)5-25-12-17-6-18-23-12/h1-4,6H,5H2,(H,17,18,23)(H2,19,20,21,22,24). The van der Waals surface area contributed by atoms with Crippen molar-refractivity contribution >= 4 is 23.6 Å². The van der Waals surface area contributed by atoms with Crippen molar-refractivity contribution in [2.45, 2.75) is 17.1 Å². The Balaban J connectivity index is 1.59. The molecule has 8 nitrogen and oxygen atoms in total. The highest BCUT2D eigenvalue weighted by Gasteiger charge is 2.35. The van der Waals surface area contributed by atoms with Gasteiger partial charge in [-0.05, 0) is 17.7 Å². The summed E-state index contributed by atoms with van der Waals surface area (Å²) in [4.78, 5) is 19.2. The largest absolute Gasteiger partial charge is 0.451 e. The molecule has 1 amide bonds. The Morgan fingerprint density at radius 3 is 2.56 bits per heavy atom. The Hall–Kier alpha value is -2.89. The molecule has 0 saturated carbocycles. The lowest BCUT2D eigenvalue weighted by atomic mass is 10.1. The van der Waals surface area contributed by atoms with Gasteiger partial charge in [0.1, 0.15) is 6.33 Å². The predicted octanol–water partition coefficient (Wildman–Crippen LogP) is 2.49. The highest BCUT2D eigenvalue weighted by molar-refractivity contribution is 7.98. The van der Waals surface area contributed by atoms with E-state index in [0.29, 0.717) is 10.9 Å². The van der Waals surface area contributed by atoms with Gasteiger partial charge in [0.15, 0.2) is 5.16 Å². The monoisotopic (exact) mass is 369 g/mol. The van der Waals surface area contributed by atoms with E-state index in [4.69, 9.17) is 0 Å². The molecule has 0 saturated heterocycles. The summed E-state index contributed by atoms with van der Waals surface area (Å²) in [6, 6.07) is 6.58. The number of nitrogens with one attached hydrogen (secondary N) is 3. The predicted molar refractivity (Wildman–Crippen MR) is 81.7 cm³/mol. The molecule has 25 heavy (non-hydrogen) atoms. The SMILES string of the molecule is O=C(Nc1n[nH]c(C(F)(F)F)n1)c1ccc(CSc2ncn[nH]2)cc1. The Kier molecular flexibility index (Phi) is 4.70. The highest BCUT2D eigenvalue weighted by Crippen LogP contribution is 2.26. The molecule has 0 spiro atoms. The molecule has 0 unspecified atom stereocenters. The topological polar surface area (TPSA) is 112 Å². The smallest absolute Gasteiger partial charge is 0.289 e. The van der Waals surface area contributed by atoms with Gasteiger partial charge >= 0.3 is 6.18 Å². The molecule has 130 valence electrons. The van der Waals surface area contributed by atoms with Crippen molar-refractivity contribution in [2.75, 3.05) is 5.32 Å². The van der Waals surface area contributed by atoms with Crippen molar-refractivity contribution < 1.29 is 18.0 Å². The number of halogens is 3. The first kappa shape index (κ1) is 17.0. The van der Waals surface area contributed by atoms with Crippen molar-refractivity contribution in [3.05, 3.63) is 47.5 Å². The third kappa shape index (κ3) is 4.35. The number of carbonyl (C=O) groups excluding carboxylic acids is 1. The minimum atomic E-state index is -4.65. The summed E-state index contributed by atoms with van der Waals surface area (Å²) in [5.74, 6) is -1.71. The van der Waals surface area contributed by atoms with Crippen molar-refractivity contribution in [3.63, 3.8) is 0 Å². The molecule has 1 aromatic carbocycles. The van der Waals surface area contributed by atoms with Crippen LogP contribution >= 0.6 is 11.8 Å². The van der Waals surface area contributed by atoms with Crippen molar-refractivity contribution in [1.82, 2.24) is 30.4 Å². The first-order chi connectivity index (χ1) is 11.9. The van der Waals surface area contributed by atoms with Crippen LogP contribution in [0.2, 0.25) is 0 Å². The Morgan fingerprint density at radius 2 is 1.96 bits per heavy atom. The van der Waals surface area contributed by atoms with E-state index in [1.165, 1.54) is 18.1 Å². The van der Waals surface area contributed by atoms with Crippen LogP contribution in [0.5, 0.6) is 0 Å². The molecule has 0 aliphatic carbocycles. The third-order valence-corrected chi connectivity index (χ3v) is 3.91. The zero-order valence-electron chi connectivity index (χ0n) is 12.3. The summed E-state index contributed by atoms with van der Waals surface area (Å²) in [5.41, 5.74) is 1.21. The fraction of sp³-hybridized carbons (Fsp3) is 0.154. The second kappa shape index (κ2) is 6.93. The molecule has 3 N–H and O–H groups in total. The molecular formula is C13H10F3N7OS. The molecule has 0 fully saturated rings. The second-order valence-electron chi connectivity index (χ2n) is 4.74. The molecular weight excluding hydrogens is 359 g/mol. The van der Waals surface area contributed by atoms with Crippen LogP contribution in [-0.4, -0.2) is 36.3 Å². The van der Waals surface area contributed by atoms with Gasteiger partial charge in [0.2, 0.25) is 11.8 Å². The third-order valence-electron chi connectivity index (χ3n) is 2.96. The Bertz CT molecular complexity index is 845. The molecule has 2 aromatic heterocycles. The van der Waals surface area contributed by atoms with Crippen LogP contribution in [0.3, 0.4) is 0 Å². The number of hydrogen-bond donors (Lipinski definition) is 3. The van der Waals surface area contributed by atoms with Gasteiger partial charge in [-0.3, -0.25) is 20.3 Å². The number of nitrogens with zero attached hydrogens (tertiary/aromatic N) is 4. The van der Waals surface area contributed by atoms with Gasteiger partial charge in [0.05, 0.1) is 0 Å². The van der Waals surface area contributed by atoms with E-state index >= 15 is 0 Å². The van der Waals surface area contributed by atoms with Crippen LogP contribution in [0.1, 0.15) is 21.7 Å². The van der Waals surface area contributed by atoms with E-state index in [0.717, 1.165) is 5.56 Å². The number of aromatic nitrogens is 6. The number of rotatable bonds is 5. The van der Waals surface area contributed by atoms with Crippen LogP contribution in [0.25, 0.3) is 0 Å². The van der Waals surface area contributed by atoms with Gasteiger partial charge in [-0.15, -0.1) is 5.10 Å². The lowest BCUT2D eigenvalue weighted by Gasteiger charge is -2.03. The molecule has 12 heteroatoms. The summed E-state index contributed by atoms with van der Waals surface area (Å²) in [6.45, 7) is 0. The highest BCUT2D eigenvalue weighted by atomic mass is 32.2. The minimum absolute atomic E-state index is 0.270. The van der Waals surface area contributed by atoms with Gasteiger partial charge in [-0.2, -0.15) is 23.3 Å². The molecule has 0 bridgehead atoms. The van der Waals surface area contributed by atoms with Gasteiger partial charge < -0.3 is 0 Å². The van der Waals surface area contributed by atoms with Crippen molar-refractivity contribution in [1.29, 1.82) is 0 Å². The second-order valence-corrected chi connectivity index (χ2v) is 5.70. The van der Waals surface area contributed by atoms with Crippen LogP contribution < -0.4 is 5.32 Å². The van der Waals surface area contributed by atoms with Crippen LogP contribution in [-0.2, 0) is 11.9 Å². The summed E-state index contributed by atoms with van der Waals surface area (Å²) in [5, 5.41) is 14.4. The van der Waals surface area contributed by atoms with E-state index < -0.39 is 23.9 Å². The molecule has 0 atom stereocenters. The van der Waals surface area contributed by atoms with Crippen LogP contribution in [0.4, 0.5) is 19.1 Å².